The highest BCUT2D eigenvalue weighted by atomic mass is 16.4. The van der Waals surface area contributed by atoms with Crippen LogP contribution in [0.2, 0.25) is 0 Å². The molecule has 0 unspecified atom stereocenters. The van der Waals surface area contributed by atoms with E-state index in [1.165, 1.54) is 18.0 Å². The van der Waals surface area contributed by atoms with Gasteiger partial charge in [0.2, 0.25) is 5.91 Å². The van der Waals surface area contributed by atoms with Crippen LogP contribution in [0.25, 0.3) is 0 Å². The first kappa shape index (κ1) is 14.2. The van der Waals surface area contributed by atoms with E-state index in [0.717, 1.165) is 0 Å². The number of hydrogen-bond acceptors (Lipinski definition) is 3. The van der Waals surface area contributed by atoms with Gasteiger partial charge in [-0.3, -0.25) is 14.9 Å². The third kappa shape index (κ3) is 6.58. The Morgan fingerprint density at radius 1 is 1.38 bits per heavy atom. The minimum Gasteiger partial charge on any atom is -0.481 e. The van der Waals surface area contributed by atoms with E-state index in [1.54, 1.807) is 0 Å². The Morgan fingerprint density at radius 2 is 2.00 bits per heavy atom. The molecule has 0 radical (unpaired) electrons. The maximum Gasteiger partial charge on any atom is 0.324 e. The Balaban J connectivity index is 3.82. The number of carbonyl (C=O) groups is 3. The molecule has 0 spiro atoms. The normalized spacial score (nSPS) is 9.31. The van der Waals surface area contributed by atoms with Gasteiger partial charge in [-0.2, -0.15) is 0 Å². The summed E-state index contributed by atoms with van der Waals surface area (Å²) in [5.41, 5.74) is 0. The smallest absolute Gasteiger partial charge is 0.324 e. The second-order valence-corrected chi connectivity index (χ2v) is 3.27. The second-order valence-electron chi connectivity index (χ2n) is 3.27. The molecule has 0 saturated carbocycles. The average molecular weight is 228 g/mol. The molecule has 0 bridgehead atoms. The second kappa shape index (κ2) is 7.44. The van der Waals surface area contributed by atoms with Crippen molar-refractivity contribution >= 4 is 17.9 Å². The lowest BCUT2D eigenvalue weighted by Gasteiger charge is -2.14. The molecule has 0 aromatic rings. The van der Waals surface area contributed by atoms with Crippen molar-refractivity contribution in [3.05, 3.63) is 12.7 Å². The van der Waals surface area contributed by atoms with Crippen molar-refractivity contribution in [2.24, 2.45) is 0 Å². The fraction of sp³-hybridized carbons (Fsp3) is 0.500. The molecule has 2 N–H and O–H groups in total. The van der Waals surface area contributed by atoms with E-state index in [4.69, 9.17) is 5.11 Å². The highest BCUT2D eigenvalue weighted by molar-refractivity contribution is 5.94. The fourth-order valence-corrected chi connectivity index (χ4v) is 0.954. The first-order chi connectivity index (χ1) is 7.47. The zero-order valence-corrected chi connectivity index (χ0v) is 9.23. The number of hydrogen-bond donors (Lipinski definition) is 2. The number of nitrogens with one attached hydrogen (secondary N) is 1. The number of imide groups is 1. The third-order valence-corrected chi connectivity index (χ3v) is 1.79. The zero-order chi connectivity index (χ0) is 12.6. The van der Waals surface area contributed by atoms with Crippen LogP contribution in [0.1, 0.15) is 19.3 Å². The number of carboxylic acids is 1. The molecule has 0 atom stereocenters. The lowest BCUT2D eigenvalue weighted by molar-refractivity contribution is -0.137. The number of urea groups is 1. The molecule has 90 valence electrons. The van der Waals surface area contributed by atoms with Crippen LogP contribution in [0, 0.1) is 0 Å². The van der Waals surface area contributed by atoms with Crippen LogP contribution in [-0.2, 0) is 9.59 Å². The highest BCUT2D eigenvalue weighted by Gasteiger charge is 2.11. The summed E-state index contributed by atoms with van der Waals surface area (Å²) in [7, 11) is 1.53. The van der Waals surface area contributed by atoms with Crippen LogP contribution in [-0.4, -0.2) is 41.5 Å². The molecule has 0 saturated heterocycles. The summed E-state index contributed by atoms with van der Waals surface area (Å²) in [5.74, 6) is -1.43. The van der Waals surface area contributed by atoms with Crippen molar-refractivity contribution in [1.82, 2.24) is 10.2 Å². The largest absolute Gasteiger partial charge is 0.481 e. The third-order valence-electron chi connectivity index (χ3n) is 1.79. The Kier molecular flexibility index (Phi) is 6.58. The fourth-order valence-electron chi connectivity index (χ4n) is 0.954. The standard InChI is InChI=1S/C10H16N2O4/c1-3-7-12(2)10(16)11-8(13)5-4-6-9(14)15/h3H,1,4-7H2,2H3,(H,14,15)(H,11,13,16). The van der Waals surface area contributed by atoms with Gasteiger partial charge in [-0.15, -0.1) is 6.58 Å². The van der Waals surface area contributed by atoms with Crippen molar-refractivity contribution in [3.63, 3.8) is 0 Å². The summed E-state index contributed by atoms with van der Waals surface area (Å²) in [6.07, 6.45) is 1.71. The zero-order valence-electron chi connectivity index (χ0n) is 9.23. The molecule has 0 aliphatic carbocycles. The SMILES string of the molecule is C=CCN(C)C(=O)NC(=O)CCCC(=O)O. The van der Waals surface area contributed by atoms with Crippen molar-refractivity contribution in [2.45, 2.75) is 19.3 Å². The minimum atomic E-state index is -0.956. The van der Waals surface area contributed by atoms with Gasteiger partial charge in [0.1, 0.15) is 0 Å². The van der Waals surface area contributed by atoms with Crippen LogP contribution in [0.15, 0.2) is 12.7 Å². The van der Waals surface area contributed by atoms with Gasteiger partial charge in [0.15, 0.2) is 0 Å². The number of carbonyl (C=O) groups excluding carboxylic acids is 2. The summed E-state index contributed by atoms with van der Waals surface area (Å²) >= 11 is 0. The van der Waals surface area contributed by atoms with E-state index < -0.39 is 17.9 Å². The van der Waals surface area contributed by atoms with Gasteiger partial charge in [0.25, 0.3) is 0 Å². The number of rotatable bonds is 6. The monoisotopic (exact) mass is 228 g/mol. The molecular formula is C10H16N2O4. The summed E-state index contributed by atoms with van der Waals surface area (Å²) in [5, 5.41) is 10.5. The Morgan fingerprint density at radius 3 is 2.50 bits per heavy atom. The molecule has 0 rings (SSSR count). The summed E-state index contributed by atoms with van der Waals surface area (Å²) in [6.45, 7) is 3.80. The molecule has 3 amide bonds. The van der Waals surface area contributed by atoms with Crippen LogP contribution in [0.4, 0.5) is 4.79 Å². The van der Waals surface area contributed by atoms with Gasteiger partial charge in [0, 0.05) is 26.4 Å². The molecule has 0 aromatic heterocycles. The van der Waals surface area contributed by atoms with E-state index in [-0.39, 0.29) is 19.3 Å². The average Bonchev–Trinajstić information content (AvgIpc) is 2.17. The number of carboxylic acid groups (broad SMARTS) is 1. The van der Waals surface area contributed by atoms with Gasteiger partial charge in [-0.05, 0) is 6.42 Å². The van der Waals surface area contributed by atoms with Gasteiger partial charge >= 0.3 is 12.0 Å². The lowest BCUT2D eigenvalue weighted by atomic mass is 10.2. The molecule has 0 aliphatic heterocycles. The van der Waals surface area contributed by atoms with Gasteiger partial charge in [0.05, 0.1) is 0 Å². The molecule has 0 heterocycles. The van der Waals surface area contributed by atoms with Crippen LogP contribution >= 0.6 is 0 Å². The highest BCUT2D eigenvalue weighted by Crippen LogP contribution is 1.95. The molecule has 16 heavy (non-hydrogen) atoms. The molecule has 0 aliphatic rings. The lowest BCUT2D eigenvalue weighted by Crippen LogP contribution is -2.40. The number of nitrogens with zero attached hydrogens (tertiary/aromatic N) is 1. The maximum absolute atomic E-state index is 11.3. The summed E-state index contributed by atoms with van der Waals surface area (Å²) in [6, 6.07) is -0.514. The summed E-state index contributed by atoms with van der Waals surface area (Å²) < 4.78 is 0. The first-order valence-electron chi connectivity index (χ1n) is 4.85. The Labute approximate surface area is 93.9 Å². The van der Waals surface area contributed by atoms with E-state index in [9.17, 15) is 14.4 Å². The predicted molar refractivity (Wildman–Crippen MR) is 57.9 cm³/mol. The van der Waals surface area contributed by atoms with Crippen LogP contribution < -0.4 is 5.32 Å². The Bertz CT molecular complexity index is 289. The minimum absolute atomic E-state index is 0.0277. The van der Waals surface area contributed by atoms with E-state index in [2.05, 4.69) is 11.9 Å². The number of likely N-dealkylation sites (N-methyl/N-ethyl adjacent to an activating group) is 1. The molecule has 0 fully saturated rings. The van der Waals surface area contributed by atoms with Crippen molar-refractivity contribution < 1.29 is 19.5 Å². The van der Waals surface area contributed by atoms with Crippen LogP contribution in [0.3, 0.4) is 0 Å². The maximum atomic E-state index is 11.3. The molecular weight excluding hydrogens is 212 g/mol. The van der Waals surface area contributed by atoms with E-state index >= 15 is 0 Å². The van der Waals surface area contributed by atoms with Gasteiger partial charge < -0.3 is 10.0 Å². The number of amides is 3. The molecule has 0 aromatic carbocycles. The van der Waals surface area contributed by atoms with Crippen molar-refractivity contribution in [3.8, 4) is 0 Å². The predicted octanol–water partition coefficient (Wildman–Crippen LogP) is 0.595. The van der Waals surface area contributed by atoms with Crippen LogP contribution in [0.5, 0.6) is 0 Å². The van der Waals surface area contributed by atoms with E-state index in [1.807, 2.05) is 0 Å². The van der Waals surface area contributed by atoms with Crippen molar-refractivity contribution in [1.29, 1.82) is 0 Å². The van der Waals surface area contributed by atoms with Gasteiger partial charge in [-0.1, -0.05) is 6.08 Å². The molecule has 6 nitrogen and oxygen atoms in total. The topological polar surface area (TPSA) is 86.7 Å². The van der Waals surface area contributed by atoms with Gasteiger partial charge in [-0.25, -0.2) is 4.79 Å². The number of aliphatic carboxylic acids is 1. The quantitative estimate of drug-likeness (QED) is 0.651. The Hall–Kier alpha value is -1.85. The summed E-state index contributed by atoms with van der Waals surface area (Å²) in [4.78, 5) is 33.9. The van der Waals surface area contributed by atoms with Crippen molar-refractivity contribution in [2.75, 3.05) is 13.6 Å². The first-order valence-corrected chi connectivity index (χ1v) is 4.85. The molecule has 6 heteroatoms. The van der Waals surface area contributed by atoms with E-state index in [0.29, 0.717) is 6.54 Å².